The first-order chi connectivity index (χ1) is 10.2. The van der Waals surface area contributed by atoms with Gasteiger partial charge >= 0.3 is 5.97 Å². The lowest BCUT2D eigenvalue weighted by atomic mass is 10.1. The number of carbonyl (C=O) groups excluding carboxylic acids is 1. The van der Waals surface area contributed by atoms with Crippen LogP contribution in [0.3, 0.4) is 0 Å². The van der Waals surface area contributed by atoms with E-state index in [9.17, 15) is 23.3 Å². The summed E-state index contributed by atoms with van der Waals surface area (Å²) in [5, 5.41) is 10.6. The molecular formula is C13H17NO7S. The minimum Gasteiger partial charge on any atom is -0.467 e. The van der Waals surface area contributed by atoms with Crippen molar-refractivity contribution in [3.63, 3.8) is 0 Å². The van der Waals surface area contributed by atoms with E-state index in [1.807, 2.05) is 0 Å². The molecule has 0 amide bonds. The highest BCUT2D eigenvalue weighted by molar-refractivity contribution is 7.86. The molecule has 0 aliphatic carbocycles. The number of hydrogen-bond acceptors (Lipinski definition) is 7. The molecule has 1 rings (SSSR count). The van der Waals surface area contributed by atoms with Crippen molar-refractivity contribution in [3.05, 3.63) is 34.4 Å². The van der Waals surface area contributed by atoms with Crippen LogP contribution in [0.4, 0.5) is 5.69 Å². The summed E-state index contributed by atoms with van der Waals surface area (Å²) in [6, 6.07) is 4.20. The Morgan fingerprint density at radius 2 is 1.82 bits per heavy atom. The van der Waals surface area contributed by atoms with E-state index >= 15 is 0 Å². The van der Waals surface area contributed by atoms with Crippen LogP contribution in [0.5, 0.6) is 0 Å². The SMILES string of the molecule is COC(=O)C(CC(C)C)OS(=O)(=O)c1ccc([N+](=O)[O-])cc1. The molecule has 9 heteroatoms. The van der Waals surface area contributed by atoms with E-state index < -0.39 is 27.1 Å². The third-order valence-electron chi connectivity index (χ3n) is 2.73. The first kappa shape index (κ1) is 18.1. The van der Waals surface area contributed by atoms with E-state index in [1.54, 1.807) is 13.8 Å². The maximum Gasteiger partial charge on any atom is 0.336 e. The van der Waals surface area contributed by atoms with E-state index in [1.165, 1.54) is 0 Å². The molecule has 0 spiro atoms. The lowest BCUT2D eigenvalue weighted by molar-refractivity contribution is -0.384. The largest absolute Gasteiger partial charge is 0.467 e. The summed E-state index contributed by atoms with van der Waals surface area (Å²) in [4.78, 5) is 21.2. The molecule has 1 unspecified atom stereocenters. The molecule has 0 aliphatic heterocycles. The number of nitrogens with zero attached hydrogens (tertiary/aromatic N) is 1. The van der Waals surface area contributed by atoms with Crippen molar-refractivity contribution >= 4 is 21.8 Å². The van der Waals surface area contributed by atoms with Gasteiger partial charge in [0.1, 0.15) is 0 Å². The summed E-state index contributed by atoms with van der Waals surface area (Å²) in [5.41, 5.74) is -0.245. The van der Waals surface area contributed by atoms with Gasteiger partial charge in [0, 0.05) is 12.1 Å². The molecule has 0 aromatic heterocycles. The molecule has 0 radical (unpaired) electrons. The van der Waals surface area contributed by atoms with Gasteiger partial charge in [-0.05, 0) is 24.5 Å². The number of hydrogen-bond donors (Lipinski definition) is 0. The van der Waals surface area contributed by atoms with Crippen molar-refractivity contribution in [1.29, 1.82) is 0 Å². The molecule has 0 aliphatic rings. The molecule has 0 N–H and O–H groups in total. The topological polar surface area (TPSA) is 113 Å². The van der Waals surface area contributed by atoms with Crippen LogP contribution >= 0.6 is 0 Å². The van der Waals surface area contributed by atoms with Crippen LogP contribution in [0.15, 0.2) is 29.2 Å². The van der Waals surface area contributed by atoms with Crippen LogP contribution < -0.4 is 0 Å². The number of ether oxygens (including phenoxy) is 1. The molecule has 0 fully saturated rings. The van der Waals surface area contributed by atoms with Gasteiger partial charge in [0.2, 0.25) is 0 Å². The molecule has 8 nitrogen and oxygen atoms in total. The number of carbonyl (C=O) groups is 1. The van der Waals surface area contributed by atoms with Crippen molar-refractivity contribution in [1.82, 2.24) is 0 Å². The maximum absolute atomic E-state index is 12.1. The lowest BCUT2D eigenvalue weighted by Crippen LogP contribution is -2.30. The van der Waals surface area contributed by atoms with Crippen molar-refractivity contribution in [2.75, 3.05) is 7.11 Å². The number of nitro benzene ring substituents is 1. The molecule has 1 aromatic carbocycles. The molecule has 1 atom stereocenters. The second-order valence-corrected chi connectivity index (χ2v) is 6.51. The fraction of sp³-hybridized carbons (Fsp3) is 0.462. The van der Waals surface area contributed by atoms with E-state index in [0.717, 1.165) is 31.4 Å². The quantitative estimate of drug-likeness (QED) is 0.324. The Bertz CT molecular complexity index is 637. The lowest BCUT2D eigenvalue weighted by Gasteiger charge is -2.17. The van der Waals surface area contributed by atoms with Crippen LogP contribution in [-0.4, -0.2) is 32.5 Å². The Hall–Kier alpha value is -2.00. The highest BCUT2D eigenvalue weighted by Crippen LogP contribution is 2.21. The van der Waals surface area contributed by atoms with Gasteiger partial charge in [-0.1, -0.05) is 13.8 Å². The molecule has 0 saturated heterocycles. The Morgan fingerprint density at radius 3 is 2.23 bits per heavy atom. The second kappa shape index (κ2) is 7.32. The summed E-state index contributed by atoms with van der Waals surface area (Å²) < 4.78 is 33.7. The number of esters is 1. The Kier molecular flexibility index (Phi) is 6.01. The Labute approximate surface area is 128 Å². The van der Waals surface area contributed by atoms with E-state index in [-0.39, 0.29) is 22.9 Å². The highest BCUT2D eigenvalue weighted by atomic mass is 32.2. The molecule has 22 heavy (non-hydrogen) atoms. The number of rotatable bonds is 7. The van der Waals surface area contributed by atoms with E-state index in [2.05, 4.69) is 4.74 Å². The Morgan fingerprint density at radius 1 is 1.27 bits per heavy atom. The van der Waals surface area contributed by atoms with Crippen molar-refractivity contribution in [2.24, 2.45) is 5.92 Å². The molecule has 1 aromatic rings. The fourth-order valence-corrected chi connectivity index (χ4v) is 2.72. The first-order valence-corrected chi connectivity index (χ1v) is 7.83. The van der Waals surface area contributed by atoms with Gasteiger partial charge in [-0.25, -0.2) is 4.79 Å². The fourth-order valence-electron chi connectivity index (χ4n) is 1.68. The highest BCUT2D eigenvalue weighted by Gasteiger charge is 2.29. The zero-order chi connectivity index (χ0) is 16.9. The minimum atomic E-state index is -4.23. The predicted molar refractivity (Wildman–Crippen MR) is 76.6 cm³/mol. The first-order valence-electron chi connectivity index (χ1n) is 6.43. The van der Waals surface area contributed by atoms with Crippen LogP contribution in [0.2, 0.25) is 0 Å². The van der Waals surface area contributed by atoms with Crippen LogP contribution in [-0.2, 0) is 23.8 Å². The summed E-state index contributed by atoms with van der Waals surface area (Å²) in [6.07, 6.45) is -1.09. The summed E-state index contributed by atoms with van der Waals surface area (Å²) in [5.74, 6) is -0.782. The van der Waals surface area contributed by atoms with Gasteiger partial charge in [0.25, 0.3) is 15.8 Å². The summed E-state index contributed by atoms with van der Waals surface area (Å²) in [7, 11) is -3.09. The van der Waals surface area contributed by atoms with Crippen molar-refractivity contribution in [2.45, 2.75) is 31.3 Å². The molecule has 0 saturated carbocycles. The van der Waals surface area contributed by atoms with Gasteiger partial charge in [-0.15, -0.1) is 0 Å². The van der Waals surface area contributed by atoms with Crippen LogP contribution in [0, 0.1) is 16.0 Å². The minimum absolute atomic E-state index is 0.0103. The van der Waals surface area contributed by atoms with Crippen LogP contribution in [0.1, 0.15) is 20.3 Å². The number of nitro groups is 1. The monoisotopic (exact) mass is 331 g/mol. The molecule has 0 bridgehead atoms. The van der Waals surface area contributed by atoms with Crippen LogP contribution in [0.25, 0.3) is 0 Å². The van der Waals surface area contributed by atoms with Crippen molar-refractivity contribution < 1.29 is 27.1 Å². The standard InChI is InChI=1S/C13H17NO7S/c1-9(2)8-12(13(15)20-3)21-22(18,19)11-6-4-10(5-7-11)14(16)17/h4-7,9,12H,8H2,1-3H3. The second-order valence-electron chi connectivity index (χ2n) is 4.94. The summed E-state index contributed by atoms with van der Waals surface area (Å²) in [6.45, 7) is 3.61. The number of non-ortho nitro benzene ring substituents is 1. The summed E-state index contributed by atoms with van der Waals surface area (Å²) >= 11 is 0. The normalized spacial score (nSPS) is 12.9. The van der Waals surface area contributed by atoms with Crippen molar-refractivity contribution in [3.8, 4) is 0 Å². The average molecular weight is 331 g/mol. The van der Waals surface area contributed by atoms with Gasteiger partial charge < -0.3 is 4.74 Å². The molecule has 122 valence electrons. The zero-order valence-electron chi connectivity index (χ0n) is 12.4. The van der Waals surface area contributed by atoms with Gasteiger partial charge in [-0.2, -0.15) is 8.42 Å². The zero-order valence-corrected chi connectivity index (χ0v) is 13.2. The smallest absolute Gasteiger partial charge is 0.336 e. The van der Waals surface area contributed by atoms with Gasteiger partial charge in [0.05, 0.1) is 16.9 Å². The van der Waals surface area contributed by atoms with Gasteiger partial charge in [0.15, 0.2) is 6.10 Å². The van der Waals surface area contributed by atoms with E-state index in [0.29, 0.717) is 0 Å². The molecule has 0 heterocycles. The number of methoxy groups -OCH3 is 1. The number of benzene rings is 1. The average Bonchev–Trinajstić information content (AvgIpc) is 2.45. The molecular weight excluding hydrogens is 314 g/mol. The Balaban J connectivity index is 3.01. The third-order valence-corrected chi connectivity index (χ3v) is 4.06. The van der Waals surface area contributed by atoms with E-state index in [4.69, 9.17) is 4.18 Å². The third kappa shape index (κ3) is 4.78. The van der Waals surface area contributed by atoms with Gasteiger partial charge in [-0.3, -0.25) is 14.3 Å². The maximum atomic E-state index is 12.1. The predicted octanol–water partition coefficient (Wildman–Crippen LogP) is 1.89.